The molecule has 3 amide bonds. The van der Waals surface area contributed by atoms with E-state index in [1.54, 1.807) is 0 Å². The highest BCUT2D eigenvalue weighted by molar-refractivity contribution is 7.98. The third-order valence-electron chi connectivity index (χ3n) is 5.18. The number of carbonyl (C=O) groups is 5. The second-order valence-corrected chi connectivity index (χ2v) is 9.74. The van der Waals surface area contributed by atoms with Crippen LogP contribution in [0, 0.1) is 5.92 Å². The number of aromatic amines is 1. The molecule has 202 valence electrons. The summed E-state index contributed by atoms with van der Waals surface area (Å²) in [5.74, 6) is -3.79. The molecule has 14 heteroatoms. The van der Waals surface area contributed by atoms with Crippen molar-refractivity contribution in [3.8, 4) is 0 Å². The van der Waals surface area contributed by atoms with Gasteiger partial charge in [0, 0.05) is 24.7 Å². The largest absolute Gasteiger partial charge is 0.481 e. The van der Waals surface area contributed by atoms with Crippen molar-refractivity contribution in [2.45, 2.75) is 70.1 Å². The Morgan fingerprint density at radius 1 is 1.00 bits per heavy atom. The summed E-state index contributed by atoms with van der Waals surface area (Å²) in [7, 11) is 0. The van der Waals surface area contributed by atoms with Crippen LogP contribution in [0.1, 0.15) is 45.2 Å². The first-order valence-electron chi connectivity index (χ1n) is 11.5. The number of nitrogens with two attached hydrogens (primary N) is 1. The van der Waals surface area contributed by atoms with Gasteiger partial charge in [0.1, 0.15) is 18.1 Å². The predicted octanol–water partition coefficient (Wildman–Crippen LogP) is -0.517. The molecule has 0 fully saturated rings. The van der Waals surface area contributed by atoms with E-state index in [1.165, 1.54) is 24.3 Å². The monoisotopic (exact) mass is 528 g/mol. The molecule has 0 bridgehead atoms. The number of nitrogens with one attached hydrogen (secondary N) is 4. The van der Waals surface area contributed by atoms with Gasteiger partial charge in [0.2, 0.25) is 17.7 Å². The van der Waals surface area contributed by atoms with Gasteiger partial charge in [0.15, 0.2) is 0 Å². The van der Waals surface area contributed by atoms with E-state index in [1.807, 2.05) is 20.1 Å². The third-order valence-corrected chi connectivity index (χ3v) is 5.83. The summed E-state index contributed by atoms with van der Waals surface area (Å²) in [6, 6.07) is -4.45. The van der Waals surface area contributed by atoms with Gasteiger partial charge in [0.05, 0.1) is 12.4 Å². The van der Waals surface area contributed by atoms with Crippen LogP contribution in [0.25, 0.3) is 0 Å². The van der Waals surface area contributed by atoms with E-state index < -0.39 is 53.8 Å². The summed E-state index contributed by atoms with van der Waals surface area (Å²) in [6.07, 6.45) is 4.72. The van der Waals surface area contributed by atoms with Crippen LogP contribution < -0.4 is 21.7 Å². The SMILES string of the molecule is CSCCC(NC(=O)C(Cc1cnc[nH]1)NC(=O)C(N)CCC(=O)O)C(=O)NC(CC(C)C)C(=O)O. The van der Waals surface area contributed by atoms with Crippen LogP contribution in [0.5, 0.6) is 0 Å². The quantitative estimate of drug-likeness (QED) is 0.137. The zero-order valence-electron chi connectivity index (χ0n) is 20.7. The van der Waals surface area contributed by atoms with Crippen LogP contribution in [-0.2, 0) is 30.4 Å². The Kier molecular flexibility index (Phi) is 13.5. The Bertz CT molecular complexity index is 880. The average molecular weight is 529 g/mol. The first kappa shape index (κ1) is 30.9. The minimum absolute atomic E-state index is 0.00515. The van der Waals surface area contributed by atoms with E-state index in [9.17, 15) is 29.1 Å². The average Bonchev–Trinajstić information content (AvgIpc) is 3.31. The number of H-pyrrole nitrogens is 1. The van der Waals surface area contributed by atoms with Crippen molar-refractivity contribution in [2.24, 2.45) is 11.7 Å². The van der Waals surface area contributed by atoms with Crippen molar-refractivity contribution in [3.63, 3.8) is 0 Å². The van der Waals surface area contributed by atoms with Gasteiger partial charge in [-0.15, -0.1) is 0 Å². The van der Waals surface area contributed by atoms with Crippen LogP contribution >= 0.6 is 11.8 Å². The van der Waals surface area contributed by atoms with E-state index in [0.717, 1.165) is 0 Å². The van der Waals surface area contributed by atoms with Crippen molar-refractivity contribution < 1.29 is 34.2 Å². The zero-order chi connectivity index (χ0) is 27.3. The number of carbonyl (C=O) groups excluding carboxylic acids is 3. The fraction of sp³-hybridized carbons (Fsp3) is 0.636. The lowest BCUT2D eigenvalue weighted by atomic mass is 10.0. The van der Waals surface area contributed by atoms with E-state index in [0.29, 0.717) is 11.4 Å². The molecular formula is C22H36N6O7S. The number of hydrogen-bond donors (Lipinski definition) is 7. The number of carboxylic acids is 2. The maximum Gasteiger partial charge on any atom is 0.326 e. The fourth-order valence-corrected chi connectivity index (χ4v) is 3.73. The first-order valence-corrected chi connectivity index (χ1v) is 12.9. The Morgan fingerprint density at radius 3 is 2.14 bits per heavy atom. The summed E-state index contributed by atoms with van der Waals surface area (Å²) in [6.45, 7) is 3.66. The molecule has 36 heavy (non-hydrogen) atoms. The van der Waals surface area contributed by atoms with Crippen molar-refractivity contribution in [3.05, 3.63) is 18.2 Å². The lowest BCUT2D eigenvalue weighted by molar-refractivity contribution is -0.143. The molecule has 0 aliphatic heterocycles. The van der Waals surface area contributed by atoms with Crippen LogP contribution in [0.4, 0.5) is 0 Å². The number of carboxylic acid groups (broad SMARTS) is 2. The molecule has 0 aliphatic rings. The number of nitrogens with zero attached hydrogens (tertiary/aromatic N) is 1. The minimum atomic E-state index is -1.17. The summed E-state index contributed by atoms with van der Waals surface area (Å²) >= 11 is 1.45. The zero-order valence-corrected chi connectivity index (χ0v) is 21.5. The molecule has 1 aromatic heterocycles. The van der Waals surface area contributed by atoms with Crippen LogP contribution in [0.3, 0.4) is 0 Å². The van der Waals surface area contributed by atoms with Gasteiger partial charge in [-0.25, -0.2) is 9.78 Å². The third kappa shape index (κ3) is 11.5. The maximum absolute atomic E-state index is 13.2. The molecule has 0 saturated carbocycles. The Labute approximate surface area is 213 Å². The van der Waals surface area contributed by atoms with E-state index in [-0.39, 0.29) is 38.0 Å². The Balaban J connectivity index is 3.01. The Hall–Kier alpha value is -3.13. The van der Waals surface area contributed by atoms with Crippen molar-refractivity contribution in [1.29, 1.82) is 0 Å². The normalized spacial score (nSPS) is 14.4. The summed E-state index contributed by atoms with van der Waals surface area (Å²) in [5.41, 5.74) is 6.31. The number of aliphatic carboxylic acids is 2. The number of thioether (sulfide) groups is 1. The molecule has 1 aromatic rings. The van der Waals surface area contributed by atoms with Gasteiger partial charge >= 0.3 is 11.9 Å². The van der Waals surface area contributed by atoms with Crippen molar-refractivity contribution in [2.75, 3.05) is 12.0 Å². The molecular weight excluding hydrogens is 492 g/mol. The fourth-order valence-electron chi connectivity index (χ4n) is 3.26. The number of amides is 3. The standard InChI is InChI=1S/C22H36N6O7S/c1-12(2)8-17(22(34)35)28-20(32)15(6-7-36-3)26-21(33)16(9-13-10-24-11-25-13)27-19(31)14(23)4-5-18(29)30/h10-12,14-17H,4-9,23H2,1-3H3,(H,24,25)(H,26,33)(H,27,31)(H,28,32)(H,29,30)(H,34,35). The molecule has 0 spiro atoms. The highest BCUT2D eigenvalue weighted by atomic mass is 32.2. The lowest BCUT2D eigenvalue weighted by Gasteiger charge is -2.25. The Morgan fingerprint density at radius 2 is 1.61 bits per heavy atom. The lowest BCUT2D eigenvalue weighted by Crippen LogP contribution is -2.57. The smallest absolute Gasteiger partial charge is 0.326 e. The van der Waals surface area contributed by atoms with Gasteiger partial charge in [-0.1, -0.05) is 13.8 Å². The maximum atomic E-state index is 13.2. The summed E-state index contributed by atoms with van der Waals surface area (Å²) < 4.78 is 0. The second kappa shape index (κ2) is 15.8. The van der Waals surface area contributed by atoms with Gasteiger partial charge in [-0.05, 0) is 37.2 Å². The topological polar surface area (TPSA) is 217 Å². The van der Waals surface area contributed by atoms with E-state index >= 15 is 0 Å². The molecule has 1 rings (SSSR count). The first-order chi connectivity index (χ1) is 16.9. The minimum Gasteiger partial charge on any atom is -0.481 e. The molecule has 0 saturated heterocycles. The van der Waals surface area contributed by atoms with Gasteiger partial charge < -0.3 is 36.9 Å². The number of rotatable bonds is 17. The number of aromatic nitrogens is 2. The van der Waals surface area contributed by atoms with E-state index in [4.69, 9.17) is 10.8 Å². The van der Waals surface area contributed by atoms with Crippen molar-refractivity contribution >= 4 is 41.4 Å². The molecule has 4 atom stereocenters. The molecule has 4 unspecified atom stereocenters. The molecule has 8 N–H and O–H groups in total. The predicted molar refractivity (Wildman–Crippen MR) is 133 cm³/mol. The molecule has 13 nitrogen and oxygen atoms in total. The highest BCUT2D eigenvalue weighted by Gasteiger charge is 2.30. The number of hydrogen-bond acceptors (Lipinski definition) is 8. The van der Waals surface area contributed by atoms with Gasteiger partial charge in [0.25, 0.3) is 0 Å². The molecule has 0 radical (unpaired) electrons. The second-order valence-electron chi connectivity index (χ2n) is 8.75. The van der Waals surface area contributed by atoms with Crippen LogP contribution in [0.2, 0.25) is 0 Å². The van der Waals surface area contributed by atoms with E-state index in [2.05, 4.69) is 25.9 Å². The summed E-state index contributed by atoms with van der Waals surface area (Å²) in [5, 5.41) is 25.9. The number of imidazole rings is 1. The highest BCUT2D eigenvalue weighted by Crippen LogP contribution is 2.08. The van der Waals surface area contributed by atoms with Crippen LogP contribution in [0.15, 0.2) is 12.5 Å². The molecule has 0 aromatic carbocycles. The van der Waals surface area contributed by atoms with Gasteiger partial charge in [-0.2, -0.15) is 11.8 Å². The van der Waals surface area contributed by atoms with Crippen LogP contribution in [-0.4, -0.2) is 86.0 Å². The molecule has 0 aliphatic carbocycles. The summed E-state index contributed by atoms with van der Waals surface area (Å²) in [4.78, 5) is 67.7. The van der Waals surface area contributed by atoms with Gasteiger partial charge in [-0.3, -0.25) is 19.2 Å². The molecule has 1 heterocycles. The van der Waals surface area contributed by atoms with Crippen molar-refractivity contribution in [1.82, 2.24) is 25.9 Å².